The number of benzene rings is 1. The van der Waals surface area contributed by atoms with E-state index in [1.807, 2.05) is 0 Å². The fourth-order valence-electron chi connectivity index (χ4n) is 1.47. The van der Waals surface area contributed by atoms with Crippen LogP contribution in [-0.4, -0.2) is 9.97 Å². The van der Waals surface area contributed by atoms with Gasteiger partial charge in [-0.25, -0.2) is 10.2 Å². The number of aromatic nitrogens is 2. The summed E-state index contributed by atoms with van der Waals surface area (Å²) in [5.74, 6) is 5.95. The van der Waals surface area contributed by atoms with E-state index in [1.165, 1.54) is 6.07 Å². The van der Waals surface area contributed by atoms with Gasteiger partial charge in [0.05, 0.1) is 0 Å². The van der Waals surface area contributed by atoms with Crippen LogP contribution in [0.25, 0.3) is 0 Å². The summed E-state index contributed by atoms with van der Waals surface area (Å²) in [5.41, 5.74) is 9.15. The lowest BCUT2D eigenvalue weighted by atomic mass is 10.2. The van der Waals surface area contributed by atoms with E-state index in [0.29, 0.717) is 22.9 Å². The van der Waals surface area contributed by atoms with Crippen LogP contribution in [0.5, 0.6) is 0 Å². The number of halogens is 1. The fourth-order valence-corrected chi connectivity index (χ4v) is 1.47. The minimum atomic E-state index is -0.257. The summed E-state index contributed by atoms with van der Waals surface area (Å²) in [4.78, 5) is 7.85. The molecule has 1 aromatic heterocycles. The first-order valence-electron chi connectivity index (χ1n) is 5.23. The summed E-state index contributed by atoms with van der Waals surface area (Å²) in [6.45, 7) is 1.68. The third-order valence-corrected chi connectivity index (χ3v) is 2.32. The lowest BCUT2D eigenvalue weighted by molar-refractivity contribution is 0.619. The lowest BCUT2D eigenvalue weighted by Gasteiger charge is -2.08. The first-order chi connectivity index (χ1) is 8.58. The van der Waals surface area contributed by atoms with Crippen LogP contribution < -0.4 is 22.3 Å². The Labute approximate surface area is 103 Å². The Morgan fingerprint density at radius 1 is 1.17 bits per heavy atom. The third-order valence-electron chi connectivity index (χ3n) is 2.32. The predicted molar refractivity (Wildman–Crippen MR) is 68.7 cm³/mol. The normalized spacial score (nSPS) is 10.2. The number of nitrogens with zero attached hydrogens (tertiary/aromatic N) is 2. The maximum atomic E-state index is 13.1. The van der Waals surface area contributed by atoms with Gasteiger partial charge in [0.25, 0.3) is 0 Å². The molecule has 1 heterocycles. The zero-order chi connectivity index (χ0) is 13.1. The van der Waals surface area contributed by atoms with Crippen molar-refractivity contribution in [1.82, 2.24) is 9.97 Å². The van der Waals surface area contributed by atoms with Gasteiger partial charge in [-0.15, -0.1) is 0 Å². The van der Waals surface area contributed by atoms with Gasteiger partial charge in [-0.1, -0.05) is 0 Å². The number of rotatable bonds is 3. The van der Waals surface area contributed by atoms with Crippen molar-refractivity contribution in [2.75, 3.05) is 16.5 Å². The van der Waals surface area contributed by atoms with E-state index in [2.05, 4.69) is 20.7 Å². The zero-order valence-corrected chi connectivity index (χ0v) is 9.74. The van der Waals surface area contributed by atoms with Gasteiger partial charge in [-0.05, 0) is 30.7 Å². The molecule has 0 saturated carbocycles. The molecule has 0 aliphatic rings. The van der Waals surface area contributed by atoms with Crippen molar-refractivity contribution in [3.05, 3.63) is 35.6 Å². The van der Waals surface area contributed by atoms with Crippen molar-refractivity contribution in [3.8, 4) is 0 Å². The fraction of sp³-hybridized carbons (Fsp3) is 0.0909. The van der Waals surface area contributed by atoms with E-state index in [-0.39, 0.29) is 11.8 Å². The Hall–Kier alpha value is -2.41. The van der Waals surface area contributed by atoms with E-state index in [1.54, 1.807) is 25.1 Å². The number of nitrogens with one attached hydrogen (secondary N) is 2. The lowest BCUT2D eigenvalue weighted by Crippen LogP contribution is -2.11. The van der Waals surface area contributed by atoms with Crippen molar-refractivity contribution < 1.29 is 4.39 Å². The maximum absolute atomic E-state index is 13.1. The van der Waals surface area contributed by atoms with E-state index in [9.17, 15) is 4.39 Å². The Kier molecular flexibility index (Phi) is 3.24. The molecule has 0 bridgehead atoms. The van der Waals surface area contributed by atoms with Crippen LogP contribution in [0.4, 0.5) is 27.7 Å². The van der Waals surface area contributed by atoms with Crippen LogP contribution in [0.2, 0.25) is 0 Å². The third kappa shape index (κ3) is 2.64. The number of hydrogen-bond donors (Lipinski definition) is 4. The molecule has 6 N–H and O–H groups in total. The van der Waals surface area contributed by atoms with E-state index in [4.69, 9.17) is 11.6 Å². The van der Waals surface area contributed by atoms with Gasteiger partial charge in [-0.2, -0.15) is 9.97 Å². The number of anilines is 4. The van der Waals surface area contributed by atoms with Gasteiger partial charge in [0.15, 0.2) is 0 Å². The number of nitrogen functional groups attached to an aromatic ring is 2. The molecule has 0 aliphatic heterocycles. The second kappa shape index (κ2) is 4.84. The molecule has 0 spiro atoms. The number of aryl methyl sites for hydroxylation is 1. The standard InChI is InChI=1S/C11H13FN6/c1-6-4-7(2-3-8(6)12)15-9-5-10(18-14)17-11(13)16-9/h2-5H,14H2,1H3,(H4,13,15,16,17,18). The molecule has 0 atom stereocenters. The first kappa shape index (κ1) is 12.1. The average Bonchev–Trinajstić information content (AvgIpc) is 2.33. The second-order valence-electron chi connectivity index (χ2n) is 3.73. The molecule has 0 saturated heterocycles. The molecular formula is C11H13FN6. The quantitative estimate of drug-likeness (QED) is 0.485. The molecule has 0 amide bonds. The van der Waals surface area contributed by atoms with Crippen LogP contribution in [0.1, 0.15) is 5.56 Å². The highest BCUT2D eigenvalue weighted by Gasteiger charge is 2.03. The van der Waals surface area contributed by atoms with Crippen LogP contribution in [0.15, 0.2) is 24.3 Å². The highest BCUT2D eigenvalue weighted by Crippen LogP contribution is 2.19. The number of hydrazine groups is 1. The van der Waals surface area contributed by atoms with Crippen LogP contribution in [-0.2, 0) is 0 Å². The Morgan fingerprint density at radius 2 is 1.89 bits per heavy atom. The number of hydrogen-bond acceptors (Lipinski definition) is 6. The smallest absolute Gasteiger partial charge is 0.223 e. The van der Waals surface area contributed by atoms with E-state index in [0.717, 1.165) is 0 Å². The van der Waals surface area contributed by atoms with Crippen LogP contribution >= 0.6 is 0 Å². The minimum absolute atomic E-state index is 0.0896. The monoisotopic (exact) mass is 248 g/mol. The molecule has 1 aromatic carbocycles. The highest BCUT2D eigenvalue weighted by atomic mass is 19.1. The Bertz CT molecular complexity index is 571. The summed E-state index contributed by atoms with van der Waals surface area (Å²) in [6.07, 6.45) is 0. The summed E-state index contributed by atoms with van der Waals surface area (Å²) < 4.78 is 13.1. The van der Waals surface area contributed by atoms with Gasteiger partial charge < -0.3 is 16.5 Å². The van der Waals surface area contributed by atoms with Crippen molar-refractivity contribution in [1.29, 1.82) is 0 Å². The highest BCUT2D eigenvalue weighted by molar-refractivity contribution is 5.61. The minimum Gasteiger partial charge on any atom is -0.368 e. The van der Waals surface area contributed by atoms with E-state index < -0.39 is 0 Å². The summed E-state index contributed by atoms with van der Waals surface area (Å²) in [6, 6.07) is 6.25. The van der Waals surface area contributed by atoms with Crippen molar-refractivity contribution in [2.45, 2.75) is 6.92 Å². The molecule has 0 unspecified atom stereocenters. The van der Waals surface area contributed by atoms with E-state index >= 15 is 0 Å². The summed E-state index contributed by atoms with van der Waals surface area (Å²) in [7, 11) is 0. The first-order valence-corrected chi connectivity index (χ1v) is 5.23. The average molecular weight is 248 g/mol. The summed E-state index contributed by atoms with van der Waals surface area (Å²) >= 11 is 0. The van der Waals surface area contributed by atoms with Gasteiger partial charge in [0.2, 0.25) is 5.95 Å². The molecular weight excluding hydrogens is 235 g/mol. The van der Waals surface area contributed by atoms with Gasteiger partial charge >= 0.3 is 0 Å². The topological polar surface area (TPSA) is 102 Å². The zero-order valence-electron chi connectivity index (χ0n) is 9.74. The molecule has 0 fully saturated rings. The van der Waals surface area contributed by atoms with Gasteiger partial charge in [-0.3, -0.25) is 0 Å². The largest absolute Gasteiger partial charge is 0.368 e. The molecule has 6 nitrogen and oxygen atoms in total. The molecule has 7 heteroatoms. The van der Waals surface area contributed by atoms with Crippen molar-refractivity contribution in [3.63, 3.8) is 0 Å². The number of nitrogens with two attached hydrogens (primary N) is 2. The van der Waals surface area contributed by atoms with Crippen LogP contribution in [0.3, 0.4) is 0 Å². The van der Waals surface area contributed by atoms with Crippen LogP contribution in [0, 0.1) is 12.7 Å². The second-order valence-corrected chi connectivity index (χ2v) is 3.73. The molecule has 2 aromatic rings. The molecule has 18 heavy (non-hydrogen) atoms. The maximum Gasteiger partial charge on any atom is 0.223 e. The van der Waals surface area contributed by atoms with Gasteiger partial charge in [0, 0.05) is 11.8 Å². The van der Waals surface area contributed by atoms with Crippen molar-refractivity contribution >= 4 is 23.3 Å². The molecule has 2 rings (SSSR count). The Morgan fingerprint density at radius 3 is 2.56 bits per heavy atom. The van der Waals surface area contributed by atoms with Crippen molar-refractivity contribution in [2.24, 2.45) is 5.84 Å². The van der Waals surface area contributed by atoms with Gasteiger partial charge in [0.1, 0.15) is 17.5 Å². The molecule has 94 valence electrons. The molecule has 0 aliphatic carbocycles. The summed E-state index contributed by atoms with van der Waals surface area (Å²) in [5, 5.41) is 2.99. The Balaban J connectivity index is 2.27. The SMILES string of the molecule is Cc1cc(Nc2cc(NN)nc(N)n2)ccc1F. The predicted octanol–water partition coefficient (Wildman–Crippen LogP) is 1.54. The molecule has 0 radical (unpaired) electrons.